The Morgan fingerprint density at radius 2 is 1.78 bits per heavy atom. The summed E-state index contributed by atoms with van der Waals surface area (Å²) in [4.78, 5) is 11.0. The summed E-state index contributed by atoms with van der Waals surface area (Å²) in [6.45, 7) is 7.81. The molecule has 2 N–H and O–H groups in total. The van der Waals surface area contributed by atoms with Crippen molar-refractivity contribution in [3.05, 3.63) is 42.7 Å². The topological polar surface area (TPSA) is 82.1 Å². The molecule has 170 valence electrons. The Morgan fingerprint density at radius 1 is 1.06 bits per heavy atom. The number of ether oxygens (including phenoxy) is 1. The molecule has 0 bridgehead atoms. The number of nitrogens with zero attached hydrogens (tertiary/aromatic N) is 5. The first-order valence-corrected chi connectivity index (χ1v) is 10.7. The van der Waals surface area contributed by atoms with Crippen LogP contribution in [0.1, 0.15) is 20.8 Å². The van der Waals surface area contributed by atoms with E-state index in [1.807, 2.05) is 17.7 Å². The molecule has 4 rings (SSSR count). The summed E-state index contributed by atoms with van der Waals surface area (Å²) in [5, 5.41) is 8.00. The minimum Gasteiger partial charge on any atom is -0.494 e. The molecule has 4 aromatic rings. The van der Waals surface area contributed by atoms with E-state index in [9.17, 15) is 0 Å². The summed E-state index contributed by atoms with van der Waals surface area (Å²) in [6, 6.07) is 12.7. The maximum Gasteiger partial charge on any atom is 0.164 e. The summed E-state index contributed by atoms with van der Waals surface area (Å²) >= 11 is 0. The van der Waals surface area contributed by atoms with Gasteiger partial charge in [0.05, 0.1) is 18.5 Å². The predicted octanol–water partition coefficient (Wildman–Crippen LogP) is 4.64. The van der Waals surface area contributed by atoms with Crippen molar-refractivity contribution in [3.8, 4) is 17.0 Å². The van der Waals surface area contributed by atoms with Gasteiger partial charge in [-0.05, 0) is 55.9 Å². The standard InChI is InChI=1S/C24H30N6O.ClH/c1-6-31-19-10-9-16-11-18(8-7-17(16)12-19)22-21-23(25)26-14-27-24(21)30(28-22)13-20(15(2)3)29(4)5;/h7-12,14-15,20H,6,13H2,1-5H3,(H2,25,26,27);1H/t20-;/m1./s1. The number of anilines is 1. The van der Waals surface area contributed by atoms with Gasteiger partial charge in [0.1, 0.15) is 23.6 Å². The van der Waals surface area contributed by atoms with Crippen LogP contribution < -0.4 is 10.5 Å². The fourth-order valence-electron chi connectivity index (χ4n) is 4.13. The third-order valence-corrected chi connectivity index (χ3v) is 5.75. The number of rotatable bonds is 7. The van der Waals surface area contributed by atoms with Crippen LogP contribution in [0.5, 0.6) is 5.75 Å². The number of likely N-dealkylation sites (N-methyl/N-ethyl adjacent to an activating group) is 1. The van der Waals surface area contributed by atoms with E-state index < -0.39 is 0 Å². The number of halogens is 1. The second kappa shape index (κ2) is 9.71. The summed E-state index contributed by atoms with van der Waals surface area (Å²) in [6.07, 6.45) is 1.51. The van der Waals surface area contributed by atoms with Gasteiger partial charge in [-0.15, -0.1) is 12.4 Å². The van der Waals surface area contributed by atoms with Crippen molar-refractivity contribution in [2.24, 2.45) is 5.92 Å². The highest BCUT2D eigenvalue weighted by Crippen LogP contribution is 2.33. The Kier molecular flexibility index (Phi) is 7.21. The maximum atomic E-state index is 6.29. The number of benzene rings is 2. The highest BCUT2D eigenvalue weighted by molar-refractivity contribution is 6.00. The molecular formula is C24H31ClN6O. The quantitative estimate of drug-likeness (QED) is 0.438. The molecule has 7 nitrogen and oxygen atoms in total. The first-order valence-electron chi connectivity index (χ1n) is 10.7. The van der Waals surface area contributed by atoms with Crippen molar-refractivity contribution < 1.29 is 4.74 Å². The number of hydrogen-bond donors (Lipinski definition) is 1. The number of nitrogens with two attached hydrogens (primary N) is 1. The highest BCUT2D eigenvalue weighted by atomic mass is 35.5. The van der Waals surface area contributed by atoms with E-state index in [1.165, 1.54) is 6.33 Å². The molecule has 0 saturated carbocycles. The molecule has 0 aliphatic rings. The highest BCUT2D eigenvalue weighted by Gasteiger charge is 2.22. The van der Waals surface area contributed by atoms with E-state index in [1.54, 1.807) is 0 Å². The fourth-order valence-corrected chi connectivity index (χ4v) is 4.13. The molecule has 0 aliphatic heterocycles. The molecule has 8 heteroatoms. The average molecular weight is 455 g/mol. The van der Waals surface area contributed by atoms with Gasteiger partial charge < -0.3 is 15.4 Å². The van der Waals surface area contributed by atoms with Gasteiger partial charge in [-0.3, -0.25) is 0 Å². The molecule has 0 fully saturated rings. The second-order valence-electron chi connectivity index (χ2n) is 8.42. The van der Waals surface area contributed by atoms with Crippen molar-refractivity contribution >= 4 is 40.0 Å². The SMILES string of the molecule is CCOc1ccc2cc(-c3nn(C[C@H](C(C)C)N(C)C)c4ncnc(N)c34)ccc2c1.Cl. The van der Waals surface area contributed by atoms with Crippen molar-refractivity contribution in [3.63, 3.8) is 0 Å². The third-order valence-electron chi connectivity index (χ3n) is 5.75. The van der Waals surface area contributed by atoms with Gasteiger partial charge >= 0.3 is 0 Å². The Morgan fingerprint density at radius 3 is 2.47 bits per heavy atom. The lowest BCUT2D eigenvalue weighted by molar-refractivity contribution is 0.202. The molecule has 0 aliphatic carbocycles. The van der Waals surface area contributed by atoms with Crippen molar-refractivity contribution in [2.45, 2.75) is 33.4 Å². The normalized spacial score (nSPS) is 12.5. The van der Waals surface area contributed by atoms with Gasteiger partial charge in [0, 0.05) is 11.6 Å². The van der Waals surface area contributed by atoms with Gasteiger partial charge in [0.2, 0.25) is 0 Å². The van der Waals surface area contributed by atoms with E-state index in [2.05, 4.69) is 73.1 Å². The first-order chi connectivity index (χ1) is 14.9. The Hall–Kier alpha value is -2.90. The van der Waals surface area contributed by atoms with Crippen LogP contribution in [0.4, 0.5) is 5.82 Å². The molecule has 0 unspecified atom stereocenters. The fraction of sp³-hybridized carbons (Fsp3) is 0.375. The van der Waals surface area contributed by atoms with Crippen LogP contribution in [0, 0.1) is 5.92 Å². The lowest BCUT2D eigenvalue weighted by atomic mass is 10.0. The van der Waals surface area contributed by atoms with Gasteiger partial charge in [0.25, 0.3) is 0 Å². The largest absolute Gasteiger partial charge is 0.494 e. The second-order valence-corrected chi connectivity index (χ2v) is 8.42. The predicted molar refractivity (Wildman–Crippen MR) is 133 cm³/mol. The average Bonchev–Trinajstić information content (AvgIpc) is 3.11. The van der Waals surface area contributed by atoms with Gasteiger partial charge in [-0.25, -0.2) is 14.6 Å². The maximum absolute atomic E-state index is 6.29. The molecule has 2 aromatic carbocycles. The Balaban J connectivity index is 0.00000289. The Labute approximate surface area is 195 Å². The number of hydrogen-bond acceptors (Lipinski definition) is 6. The molecule has 2 heterocycles. The van der Waals surface area contributed by atoms with E-state index in [0.717, 1.165) is 45.4 Å². The van der Waals surface area contributed by atoms with Crippen molar-refractivity contribution in [2.75, 3.05) is 26.4 Å². The van der Waals surface area contributed by atoms with Crippen LogP contribution in [0.3, 0.4) is 0 Å². The zero-order valence-corrected chi connectivity index (χ0v) is 20.1. The first kappa shape index (κ1) is 23.8. The van der Waals surface area contributed by atoms with E-state index in [0.29, 0.717) is 24.4 Å². The monoisotopic (exact) mass is 454 g/mol. The number of aromatic nitrogens is 4. The number of nitrogen functional groups attached to an aromatic ring is 1. The van der Waals surface area contributed by atoms with Crippen LogP contribution in [0.2, 0.25) is 0 Å². The molecule has 1 atom stereocenters. The molecule has 0 spiro atoms. The van der Waals surface area contributed by atoms with Crippen LogP contribution in [0.15, 0.2) is 42.7 Å². The minimum absolute atomic E-state index is 0. The molecule has 0 radical (unpaired) electrons. The number of fused-ring (bicyclic) bond motifs is 2. The van der Waals surface area contributed by atoms with E-state index >= 15 is 0 Å². The smallest absolute Gasteiger partial charge is 0.164 e. The lowest BCUT2D eigenvalue weighted by Crippen LogP contribution is -2.37. The van der Waals surface area contributed by atoms with Crippen LogP contribution in [-0.4, -0.2) is 51.4 Å². The Bertz CT molecular complexity index is 1210. The summed E-state index contributed by atoms with van der Waals surface area (Å²) in [7, 11) is 4.20. The molecule has 32 heavy (non-hydrogen) atoms. The molecule has 0 saturated heterocycles. The third kappa shape index (κ3) is 4.49. The van der Waals surface area contributed by atoms with Crippen LogP contribution in [0.25, 0.3) is 33.1 Å². The van der Waals surface area contributed by atoms with E-state index in [4.69, 9.17) is 15.6 Å². The zero-order chi connectivity index (χ0) is 22.1. The lowest BCUT2D eigenvalue weighted by Gasteiger charge is -2.27. The zero-order valence-electron chi connectivity index (χ0n) is 19.2. The van der Waals surface area contributed by atoms with Gasteiger partial charge in [-0.2, -0.15) is 5.10 Å². The van der Waals surface area contributed by atoms with Crippen molar-refractivity contribution in [1.29, 1.82) is 0 Å². The van der Waals surface area contributed by atoms with Gasteiger partial charge in [0.15, 0.2) is 5.65 Å². The molecule has 0 amide bonds. The molecular weight excluding hydrogens is 424 g/mol. The van der Waals surface area contributed by atoms with Crippen molar-refractivity contribution in [1.82, 2.24) is 24.6 Å². The minimum atomic E-state index is 0. The summed E-state index contributed by atoms with van der Waals surface area (Å²) in [5.41, 5.74) is 8.86. The molecule has 2 aromatic heterocycles. The summed E-state index contributed by atoms with van der Waals surface area (Å²) in [5.74, 6) is 1.79. The van der Waals surface area contributed by atoms with Gasteiger partial charge in [-0.1, -0.05) is 32.0 Å². The van der Waals surface area contributed by atoms with Crippen LogP contribution in [-0.2, 0) is 6.54 Å². The summed E-state index contributed by atoms with van der Waals surface area (Å²) < 4.78 is 7.60. The van der Waals surface area contributed by atoms with E-state index in [-0.39, 0.29) is 12.4 Å². The van der Waals surface area contributed by atoms with Crippen LogP contribution >= 0.6 is 12.4 Å².